The number of carboxylic acid groups (broad SMARTS) is 1. The number of nitrogens with one attached hydrogen (secondary N) is 1. The van der Waals surface area contributed by atoms with Gasteiger partial charge < -0.3 is 21.1 Å². The molecule has 2 aliphatic heterocycles. The number of fused-ring (bicyclic) bond motifs is 1. The summed E-state index contributed by atoms with van der Waals surface area (Å²) in [4.78, 5) is 45.7. The summed E-state index contributed by atoms with van der Waals surface area (Å²) in [7, 11) is -3.99. The van der Waals surface area contributed by atoms with E-state index in [1.165, 1.54) is 49.6 Å². The van der Waals surface area contributed by atoms with Gasteiger partial charge in [-0.05, 0) is 32.1 Å². The van der Waals surface area contributed by atoms with E-state index < -0.39 is 43.8 Å². The SMILES string of the molecule is CC1(C)[C@H](C(=O)O)N2C(=O)/C(=C/c3cc(C(=O)NCc4csc(N)n4)ccn3)C2S1(=O)=O. The highest BCUT2D eigenvalue weighted by atomic mass is 32.2. The second-order valence-corrected chi connectivity index (χ2v) is 11.4. The zero-order valence-electron chi connectivity index (χ0n) is 17.0. The zero-order valence-corrected chi connectivity index (χ0v) is 18.6. The maximum atomic E-state index is 12.9. The third kappa shape index (κ3) is 3.24. The van der Waals surface area contributed by atoms with Crippen LogP contribution in [0.5, 0.6) is 0 Å². The minimum atomic E-state index is -3.99. The number of pyridine rings is 1. The number of carbonyl (C=O) groups excluding carboxylic acids is 2. The monoisotopic (exact) mass is 477 g/mol. The first-order valence-electron chi connectivity index (χ1n) is 9.40. The van der Waals surface area contributed by atoms with Crippen LogP contribution in [-0.2, 0) is 26.0 Å². The Morgan fingerprint density at radius 3 is 2.75 bits per heavy atom. The standard InChI is InChI=1S/C19H19N5O6S2/c1-19(2)13(17(27)28)24-15(26)12(16(24)32(19,29)30)6-10-5-9(3-4-21-10)14(25)22-7-11-8-31-18(20)23-11/h3-6,8,13,16H,7H2,1-2H3,(H2,20,23)(H,22,25)(H,27,28)/b12-6-/t13-,16?/m0/s1. The first-order valence-corrected chi connectivity index (χ1v) is 11.8. The predicted molar refractivity (Wildman–Crippen MR) is 115 cm³/mol. The Hall–Kier alpha value is -3.32. The summed E-state index contributed by atoms with van der Waals surface area (Å²) in [5, 5.41) is 12.9. The Bertz CT molecular complexity index is 1280. The number of nitrogen functional groups attached to an aromatic ring is 1. The highest BCUT2D eigenvalue weighted by molar-refractivity contribution is 7.94. The number of amides is 2. The quantitative estimate of drug-likeness (QED) is 0.403. The second kappa shape index (κ2) is 7.38. The number of hydrogen-bond acceptors (Lipinski definition) is 9. The summed E-state index contributed by atoms with van der Waals surface area (Å²) in [6.07, 6.45) is 2.63. The van der Waals surface area contributed by atoms with Crippen molar-refractivity contribution in [3.63, 3.8) is 0 Å². The molecule has 0 aliphatic carbocycles. The molecule has 0 saturated carbocycles. The Labute approximate surface area is 186 Å². The first kappa shape index (κ1) is 21.9. The molecule has 4 N–H and O–H groups in total. The van der Waals surface area contributed by atoms with E-state index in [-0.39, 0.29) is 23.4 Å². The minimum absolute atomic E-state index is 0.0789. The number of anilines is 1. The van der Waals surface area contributed by atoms with E-state index in [4.69, 9.17) is 5.73 Å². The van der Waals surface area contributed by atoms with Gasteiger partial charge >= 0.3 is 5.97 Å². The molecule has 2 amide bonds. The van der Waals surface area contributed by atoms with Gasteiger partial charge in [0.15, 0.2) is 26.4 Å². The molecular formula is C19H19N5O6S2. The second-order valence-electron chi connectivity index (χ2n) is 7.88. The number of carboxylic acids is 1. The van der Waals surface area contributed by atoms with E-state index in [1.807, 2.05) is 0 Å². The molecule has 168 valence electrons. The largest absolute Gasteiger partial charge is 0.480 e. The van der Waals surface area contributed by atoms with Gasteiger partial charge in [0.2, 0.25) is 0 Å². The van der Waals surface area contributed by atoms with E-state index in [9.17, 15) is 27.9 Å². The van der Waals surface area contributed by atoms with Crippen molar-refractivity contribution in [2.75, 3.05) is 5.73 Å². The van der Waals surface area contributed by atoms with Crippen molar-refractivity contribution in [3.8, 4) is 0 Å². The molecule has 4 heterocycles. The summed E-state index contributed by atoms with van der Waals surface area (Å²) in [5.41, 5.74) is 6.54. The molecule has 4 rings (SSSR count). The lowest BCUT2D eigenvalue weighted by Gasteiger charge is -2.37. The molecule has 2 aliphatic rings. The van der Waals surface area contributed by atoms with Gasteiger partial charge in [0.1, 0.15) is 4.75 Å². The van der Waals surface area contributed by atoms with Crippen molar-refractivity contribution < 1.29 is 27.9 Å². The van der Waals surface area contributed by atoms with Crippen LogP contribution in [-0.4, -0.2) is 62.3 Å². The van der Waals surface area contributed by atoms with Crippen LogP contribution < -0.4 is 11.1 Å². The van der Waals surface area contributed by atoms with Gasteiger partial charge in [0.25, 0.3) is 11.8 Å². The fraction of sp³-hybridized carbons (Fsp3) is 0.316. The van der Waals surface area contributed by atoms with Gasteiger partial charge in [-0.3, -0.25) is 14.6 Å². The zero-order chi connectivity index (χ0) is 23.4. The molecule has 0 bridgehead atoms. The van der Waals surface area contributed by atoms with Gasteiger partial charge in [-0.2, -0.15) is 0 Å². The van der Waals surface area contributed by atoms with Crippen molar-refractivity contribution in [1.29, 1.82) is 0 Å². The van der Waals surface area contributed by atoms with Crippen LogP contribution in [0.3, 0.4) is 0 Å². The summed E-state index contributed by atoms with van der Waals surface area (Å²) >= 11 is 1.26. The average Bonchev–Trinajstić information content (AvgIpc) is 3.20. The molecular weight excluding hydrogens is 458 g/mol. The number of rotatable bonds is 5. The molecule has 0 spiro atoms. The lowest BCUT2D eigenvalue weighted by atomic mass is 9.95. The number of β-lactam (4-membered cyclic amide) rings is 1. The van der Waals surface area contributed by atoms with E-state index >= 15 is 0 Å². The minimum Gasteiger partial charge on any atom is -0.480 e. The van der Waals surface area contributed by atoms with E-state index in [0.29, 0.717) is 10.8 Å². The highest BCUT2D eigenvalue weighted by Crippen LogP contribution is 2.48. The highest BCUT2D eigenvalue weighted by Gasteiger charge is 2.70. The molecule has 11 nitrogen and oxygen atoms in total. The molecule has 2 aromatic heterocycles. The lowest BCUT2D eigenvalue weighted by Crippen LogP contribution is -2.58. The number of carbonyl (C=O) groups is 3. The van der Waals surface area contributed by atoms with Gasteiger partial charge in [0, 0.05) is 17.1 Å². The fourth-order valence-corrected chi connectivity index (χ4v) is 6.53. The molecule has 0 aromatic carbocycles. The Morgan fingerprint density at radius 1 is 1.41 bits per heavy atom. The van der Waals surface area contributed by atoms with Crippen LogP contribution in [0.1, 0.15) is 35.6 Å². The molecule has 13 heteroatoms. The topological polar surface area (TPSA) is 173 Å². The van der Waals surface area contributed by atoms with Crippen LogP contribution in [0.2, 0.25) is 0 Å². The average molecular weight is 478 g/mol. The maximum Gasteiger partial charge on any atom is 0.328 e. The van der Waals surface area contributed by atoms with Gasteiger partial charge in [0.05, 0.1) is 23.5 Å². The maximum absolute atomic E-state index is 12.9. The third-order valence-corrected chi connectivity index (χ3v) is 9.03. The van der Waals surface area contributed by atoms with E-state index in [2.05, 4.69) is 15.3 Å². The summed E-state index contributed by atoms with van der Waals surface area (Å²) < 4.78 is 24.2. The van der Waals surface area contributed by atoms with Crippen molar-refractivity contribution in [2.45, 2.75) is 36.6 Å². The molecule has 2 fully saturated rings. The summed E-state index contributed by atoms with van der Waals surface area (Å²) in [5.74, 6) is -2.48. The molecule has 2 saturated heterocycles. The number of aromatic nitrogens is 2. The number of aliphatic carboxylic acids is 1. The number of nitrogens with zero attached hydrogens (tertiary/aromatic N) is 3. The number of hydrogen-bond donors (Lipinski definition) is 3. The van der Waals surface area contributed by atoms with Gasteiger partial charge in [-0.1, -0.05) is 0 Å². The van der Waals surface area contributed by atoms with Crippen LogP contribution in [0.4, 0.5) is 5.13 Å². The van der Waals surface area contributed by atoms with E-state index in [0.717, 1.165) is 4.90 Å². The smallest absolute Gasteiger partial charge is 0.328 e. The number of nitrogens with two attached hydrogens (primary N) is 1. The van der Waals surface area contributed by atoms with Gasteiger partial charge in [-0.25, -0.2) is 18.2 Å². The molecule has 1 unspecified atom stereocenters. The molecule has 2 atom stereocenters. The Balaban J connectivity index is 1.58. The van der Waals surface area contributed by atoms with Crippen molar-refractivity contribution in [3.05, 3.63) is 46.2 Å². The molecule has 0 radical (unpaired) electrons. The molecule has 2 aromatic rings. The molecule has 32 heavy (non-hydrogen) atoms. The van der Waals surface area contributed by atoms with Gasteiger partial charge in [-0.15, -0.1) is 11.3 Å². The number of thiazole rings is 1. The predicted octanol–water partition coefficient (Wildman–Crippen LogP) is 0.262. The number of sulfone groups is 1. The van der Waals surface area contributed by atoms with E-state index in [1.54, 1.807) is 5.38 Å². The summed E-state index contributed by atoms with van der Waals surface area (Å²) in [6, 6.07) is 1.40. The summed E-state index contributed by atoms with van der Waals surface area (Å²) in [6.45, 7) is 2.76. The van der Waals surface area contributed by atoms with Crippen molar-refractivity contribution >= 4 is 50.2 Å². The third-order valence-electron chi connectivity index (χ3n) is 5.54. The first-order chi connectivity index (χ1) is 14.9. The van der Waals surface area contributed by atoms with Crippen LogP contribution in [0.15, 0.2) is 29.3 Å². The van der Waals surface area contributed by atoms with Crippen molar-refractivity contribution in [1.82, 2.24) is 20.2 Å². The van der Waals surface area contributed by atoms with Crippen LogP contribution in [0.25, 0.3) is 6.08 Å². The van der Waals surface area contributed by atoms with Crippen LogP contribution >= 0.6 is 11.3 Å². The van der Waals surface area contributed by atoms with Crippen molar-refractivity contribution in [2.24, 2.45) is 0 Å². The Morgan fingerprint density at radius 2 is 2.12 bits per heavy atom. The fourth-order valence-electron chi connectivity index (χ4n) is 3.85. The van der Waals surface area contributed by atoms with Crippen LogP contribution in [0, 0.1) is 0 Å². The Kier molecular flexibility index (Phi) is 5.05. The normalized spacial score (nSPS) is 24.1. The lowest BCUT2D eigenvalue weighted by molar-refractivity contribution is -0.152.